The molecule has 0 saturated heterocycles. The number of amides is 1. The average Bonchev–Trinajstić information content (AvgIpc) is 2.53. The largest absolute Gasteiger partial charge is 0.497 e. The number of carbonyl (C=O) groups excluding carboxylic acids is 1. The van der Waals surface area contributed by atoms with Gasteiger partial charge in [-0.05, 0) is 29.8 Å². The van der Waals surface area contributed by atoms with E-state index in [9.17, 15) is 4.79 Å². The number of carbonyl (C=O) groups is 1. The molecule has 0 saturated carbocycles. The van der Waals surface area contributed by atoms with Crippen LogP contribution < -0.4 is 15.8 Å². The highest BCUT2D eigenvalue weighted by atomic mass is 32.1. The van der Waals surface area contributed by atoms with E-state index < -0.39 is 0 Å². The highest BCUT2D eigenvalue weighted by Gasteiger charge is 2.06. The summed E-state index contributed by atoms with van der Waals surface area (Å²) in [5.74, 6) is 0.493. The van der Waals surface area contributed by atoms with Crippen LogP contribution in [0, 0.1) is 0 Å². The Kier molecular flexibility index (Phi) is 4.90. The van der Waals surface area contributed by atoms with Crippen molar-refractivity contribution in [1.82, 2.24) is 5.32 Å². The first-order valence-corrected chi connectivity index (χ1v) is 6.82. The van der Waals surface area contributed by atoms with Crippen LogP contribution in [0.4, 0.5) is 0 Å². The summed E-state index contributed by atoms with van der Waals surface area (Å²) in [6, 6.07) is 14.5. The monoisotopic (exact) mass is 300 g/mol. The molecule has 0 aliphatic heterocycles. The van der Waals surface area contributed by atoms with E-state index in [0.717, 1.165) is 11.1 Å². The third kappa shape index (κ3) is 4.03. The van der Waals surface area contributed by atoms with Crippen LogP contribution in [0.1, 0.15) is 21.5 Å². The summed E-state index contributed by atoms with van der Waals surface area (Å²) in [6.45, 7) is 0.409. The number of nitrogens with one attached hydrogen (secondary N) is 1. The first kappa shape index (κ1) is 15.0. The van der Waals surface area contributed by atoms with Crippen LogP contribution in [0.15, 0.2) is 48.5 Å². The third-order valence-electron chi connectivity index (χ3n) is 3.00. The SMILES string of the molecule is COc1cccc(C(=O)NCc2cccc(C(N)=S)c2)c1. The van der Waals surface area contributed by atoms with Gasteiger partial charge in [-0.15, -0.1) is 0 Å². The molecule has 0 aliphatic carbocycles. The van der Waals surface area contributed by atoms with Crippen LogP contribution in [0.25, 0.3) is 0 Å². The van der Waals surface area contributed by atoms with Crippen molar-refractivity contribution in [1.29, 1.82) is 0 Å². The summed E-state index contributed by atoms with van der Waals surface area (Å²) < 4.78 is 5.10. The molecule has 2 aromatic carbocycles. The second-order valence-corrected chi connectivity index (χ2v) is 4.92. The molecule has 3 N–H and O–H groups in total. The molecule has 2 aromatic rings. The Morgan fingerprint density at radius 2 is 1.90 bits per heavy atom. The van der Waals surface area contributed by atoms with Crippen molar-refractivity contribution in [3.05, 3.63) is 65.2 Å². The zero-order valence-corrected chi connectivity index (χ0v) is 12.4. The molecule has 0 aliphatic rings. The van der Waals surface area contributed by atoms with Gasteiger partial charge < -0.3 is 15.8 Å². The van der Waals surface area contributed by atoms with Gasteiger partial charge in [0.25, 0.3) is 5.91 Å². The van der Waals surface area contributed by atoms with E-state index >= 15 is 0 Å². The van der Waals surface area contributed by atoms with E-state index in [-0.39, 0.29) is 5.91 Å². The zero-order chi connectivity index (χ0) is 15.2. The van der Waals surface area contributed by atoms with Gasteiger partial charge in [0, 0.05) is 17.7 Å². The smallest absolute Gasteiger partial charge is 0.251 e. The van der Waals surface area contributed by atoms with Crippen LogP contribution in [-0.4, -0.2) is 18.0 Å². The normalized spacial score (nSPS) is 9.95. The van der Waals surface area contributed by atoms with Gasteiger partial charge in [-0.25, -0.2) is 0 Å². The lowest BCUT2D eigenvalue weighted by atomic mass is 10.1. The van der Waals surface area contributed by atoms with Crippen molar-refractivity contribution < 1.29 is 9.53 Å². The zero-order valence-electron chi connectivity index (χ0n) is 11.6. The summed E-state index contributed by atoms with van der Waals surface area (Å²) >= 11 is 4.94. The van der Waals surface area contributed by atoms with Gasteiger partial charge in [-0.3, -0.25) is 4.79 Å². The number of hydrogen-bond donors (Lipinski definition) is 2. The van der Waals surface area contributed by atoms with Gasteiger partial charge >= 0.3 is 0 Å². The first-order valence-electron chi connectivity index (χ1n) is 6.41. The lowest BCUT2D eigenvalue weighted by molar-refractivity contribution is 0.0950. The number of hydrogen-bond acceptors (Lipinski definition) is 3. The van der Waals surface area contributed by atoms with Crippen molar-refractivity contribution in [3.8, 4) is 5.75 Å². The Morgan fingerprint density at radius 1 is 1.19 bits per heavy atom. The molecule has 21 heavy (non-hydrogen) atoms. The predicted octanol–water partition coefficient (Wildman–Crippen LogP) is 2.26. The highest BCUT2D eigenvalue weighted by molar-refractivity contribution is 7.80. The van der Waals surface area contributed by atoms with Gasteiger partial charge in [-0.1, -0.05) is 36.5 Å². The Morgan fingerprint density at radius 3 is 2.62 bits per heavy atom. The topological polar surface area (TPSA) is 64.3 Å². The molecule has 0 bridgehead atoms. The Bertz CT molecular complexity index is 671. The van der Waals surface area contributed by atoms with E-state index in [1.54, 1.807) is 31.4 Å². The minimum Gasteiger partial charge on any atom is -0.497 e. The number of ether oxygens (including phenoxy) is 1. The van der Waals surface area contributed by atoms with Gasteiger partial charge in [0.2, 0.25) is 0 Å². The van der Waals surface area contributed by atoms with Gasteiger partial charge in [0.15, 0.2) is 0 Å². The molecule has 0 aromatic heterocycles. The minimum atomic E-state index is -0.158. The summed E-state index contributed by atoms with van der Waals surface area (Å²) in [5.41, 5.74) is 7.88. The van der Waals surface area contributed by atoms with Gasteiger partial charge in [0.1, 0.15) is 10.7 Å². The van der Waals surface area contributed by atoms with Crippen LogP contribution in [0.3, 0.4) is 0 Å². The minimum absolute atomic E-state index is 0.158. The first-order chi connectivity index (χ1) is 10.1. The van der Waals surface area contributed by atoms with Crippen molar-refractivity contribution in [3.63, 3.8) is 0 Å². The van der Waals surface area contributed by atoms with E-state index in [1.165, 1.54) is 0 Å². The number of rotatable bonds is 5. The maximum Gasteiger partial charge on any atom is 0.251 e. The Balaban J connectivity index is 2.03. The number of thiocarbonyl (C=S) groups is 1. The molecule has 0 atom stereocenters. The van der Waals surface area contributed by atoms with Gasteiger partial charge in [0.05, 0.1) is 7.11 Å². The second-order valence-electron chi connectivity index (χ2n) is 4.48. The van der Waals surface area contributed by atoms with E-state index in [1.807, 2.05) is 24.3 Å². The number of benzene rings is 2. The molecule has 5 heteroatoms. The maximum absolute atomic E-state index is 12.1. The van der Waals surface area contributed by atoms with Crippen molar-refractivity contribution in [2.75, 3.05) is 7.11 Å². The standard InChI is InChI=1S/C16H16N2O2S/c1-20-14-7-3-6-13(9-14)16(19)18-10-11-4-2-5-12(8-11)15(17)21/h2-9H,10H2,1H3,(H2,17,21)(H,18,19). The fraction of sp³-hybridized carbons (Fsp3) is 0.125. The molecule has 0 fully saturated rings. The number of methoxy groups -OCH3 is 1. The van der Waals surface area contributed by atoms with E-state index in [0.29, 0.717) is 22.8 Å². The molecule has 0 spiro atoms. The van der Waals surface area contributed by atoms with E-state index in [4.69, 9.17) is 22.7 Å². The lowest BCUT2D eigenvalue weighted by Crippen LogP contribution is -2.23. The molecular formula is C16H16N2O2S. The maximum atomic E-state index is 12.1. The summed E-state index contributed by atoms with van der Waals surface area (Å²) in [7, 11) is 1.57. The molecule has 0 heterocycles. The molecule has 0 unspecified atom stereocenters. The van der Waals surface area contributed by atoms with Crippen LogP contribution in [0.2, 0.25) is 0 Å². The Labute approximate surface area is 128 Å². The van der Waals surface area contributed by atoms with Crippen molar-refractivity contribution >= 4 is 23.1 Å². The summed E-state index contributed by atoms with van der Waals surface area (Å²) in [5, 5.41) is 2.85. The van der Waals surface area contributed by atoms with Crippen LogP contribution >= 0.6 is 12.2 Å². The average molecular weight is 300 g/mol. The molecule has 4 nitrogen and oxygen atoms in total. The predicted molar refractivity (Wildman–Crippen MR) is 86.5 cm³/mol. The molecule has 108 valence electrons. The fourth-order valence-electron chi connectivity index (χ4n) is 1.88. The fourth-order valence-corrected chi connectivity index (χ4v) is 2.01. The molecular weight excluding hydrogens is 284 g/mol. The van der Waals surface area contributed by atoms with Crippen molar-refractivity contribution in [2.24, 2.45) is 5.73 Å². The summed E-state index contributed by atoms with van der Waals surface area (Å²) in [4.78, 5) is 12.4. The van der Waals surface area contributed by atoms with Crippen molar-refractivity contribution in [2.45, 2.75) is 6.54 Å². The van der Waals surface area contributed by atoms with Crippen LogP contribution in [-0.2, 0) is 6.54 Å². The van der Waals surface area contributed by atoms with E-state index in [2.05, 4.69) is 5.32 Å². The van der Waals surface area contributed by atoms with Gasteiger partial charge in [-0.2, -0.15) is 0 Å². The quantitative estimate of drug-likeness (QED) is 0.831. The molecule has 0 radical (unpaired) electrons. The molecule has 1 amide bonds. The summed E-state index contributed by atoms with van der Waals surface area (Å²) in [6.07, 6.45) is 0. The molecule has 2 rings (SSSR count). The number of nitrogens with two attached hydrogens (primary N) is 1. The second kappa shape index (κ2) is 6.85. The highest BCUT2D eigenvalue weighted by Crippen LogP contribution is 2.12. The third-order valence-corrected chi connectivity index (χ3v) is 3.23. The lowest BCUT2D eigenvalue weighted by Gasteiger charge is -2.08. The van der Waals surface area contributed by atoms with Crippen LogP contribution in [0.5, 0.6) is 5.75 Å². The Hall–Kier alpha value is -2.40.